The molecule has 0 aromatic rings. The number of ether oxygens (including phenoxy) is 1. The van der Waals surface area contributed by atoms with Gasteiger partial charge in [-0.05, 0) is 23.8 Å². The summed E-state index contributed by atoms with van der Waals surface area (Å²) in [6.45, 7) is 5.01. The SMILES string of the molecule is COCC1=CC(O)CC(C)(C)C1. The van der Waals surface area contributed by atoms with Gasteiger partial charge in [-0.3, -0.25) is 0 Å². The zero-order chi connectivity index (χ0) is 9.19. The van der Waals surface area contributed by atoms with Crippen LogP contribution in [0.25, 0.3) is 0 Å². The molecule has 0 fully saturated rings. The first-order valence-electron chi connectivity index (χ1n) is 4.40. The molecule has 1 rings (SSSR count). The molecule has 1 aliphatic rings. The highest BCUT2D eigenvalue weighted by Gasteiger charge is 2.27. The van der Waals surface area contributed by atoms with Gasteiger partial charge < -0.3 is 9.84 Å². The third-order valence-corrected chi connectivity index (χ3v) is 2.23. The maximum absolute atomic E-state index is 9.51. The van der Waals surface area contributed by atoms with Crippen molar-refractivity contribution in [2.45, 2.75) is 32.8 Å². The van der Waals surface area contributed by atoms with Crippen LogP contribution in [-0.2, 0) is 4.74 Å². The Labute approximate surface area is 74.2 Å². The highest BCUT2D eigenvalue weighted by molar-refractivity contribution is 5.13. The number of hydrogen-bond donors (Lipinski definition) is 1. The van der Waals surface area contributed by atoms with Crippen molar-refractivity contribution in [2.24, 2.45) is 5.41 Å². The molecule has 0 aromatic carbocycles. The normalized spacial score (nSPS) is 28.3. The summed E-state index contributed by atoms with van der Waals surface area (Å²) < 4.78 is 5.04. The van der Waals surface area contributed by atoms with Gasteiger partial charge in [0.1, 0.15) is 0 Å². The Morgan fingerprint density at radius 1 is 1.67 bits per heavy atom. The van der Waals surface area contributed by atoms with Gasteiger partial charge >= 0.3 is 0 Å². The van der Waals surface area contributed by atoms with E-state index < -0.39 is 0 Å². The molecule has 0 aromatic heterocycles. The topological polar surface area (TPSA) is 29.5 Å². The summed E-state index contributed by atoms with van der Waals surface area (Å²) in [4.78, 5) is 0. The first-order chi connectivity index (χ1) is 5.53. The third kappa shape index (κ3) is 2.61. The lowest BCUT2D eigenvalue weighted by Crippen LogP contribution is -2.26. The van der Waals surface area contributed by atoms with Gasteiger partial charge in [-0.15, -0.1) is 0 Å². The van der Waals surface area contributed by atoms with E-state index in [1.54, 1.807) is 7.11 Å². The maximum atomic E-state index is 9.51. The minimum absolute atomic E-state index is 0.224. The predicted octanol–water partition coefficient (Wildman–Crippen LogP) is 1.74. The second-order valence-corrected chi connectivity index (χ2v) is 4.37. The quantitative estimate of drug-likeness (QED) is 0.640. The standard InChI is InChI=1S/C10H18O2/c1-10(2)5-8(7-12-3)4-9(11)6-10/h4,9,11H,5-7H2,1-3H3. The molecule has 0 saturated carbocycles. The fourth-order valence-electron chi connectivity index (χ4n) is 1.93. The molecular weight excluding hydrogens is 152 g/mol. The van der Waals surface area contributed by atoms with Crippen molar-refractivity contribution in [1.82, 2.24) is 0 Å². The Balaban J connectivity index is 2.63. The molecule has 1 aliphatic carbocycles. The van der Waals surface area contributed by atoms with Gasteiger partial charge in [0, 0.05) is 7.11 Å². The van der Waals surface area contributed by atoms with Crippen molar-refractivity contribution in [2.75, 3.05) is 13.7 Å². The van der Waals surface area contributed by atoms with Crippen molar-refractivity contribution in [3.63, 3.8) is 0 Å². The second-order valence-electron chi connectivity index (χ2n) is 4.37. The molecule has 0 bridgehead atoms. The van der Waals surface area contributed by atoms with Crippen LogP contribution in [0.2, 0.25) is 0 Å². The van der Waals surface area contributed by atoms with Crippen LogP contribution >= 0.6 is 0 Å². The molecule has 0 heterocycles. The van der Waals surface area contributed by atoms with E-state index in [-0.39, 0.29) is 11.5 Å². The summed E-state index contributed by atoms with van der Waals surface area (Å²) in [6.07, 6.45) is 3.55. The van der Waals surface area contributed by atoms with Crippen molar-refractivity contribution >= 4 is 0 Å². The molecule has 0 saturated heterocycles. The lowest BCUT2D eigenvalue weighted by molar-refractivity contribution is 0.128. The second kappa shape index (κ2) is 3.58. The monoisotopic (exact) mass is 170 g/mol. The smallest absolute Gasteiger partial charge is 0.0729 e. The number of methoxy groups -OCH3 is 1. The van der Waals surface area contributed by atoms with Gasteiger partial charge in [0.05, 0.1) is 12.7 Å². The summed E-state index contributed by atoms with van der Waals surface area (Å²) >= 11 is 0. The highest BCUT2D eigenvalue weighted by Crippen LogP contribution is 2.35. The molecule has 1 atom stereocenters. The molecular formula is C10H18O2. The Bertz CT molecular complexity index is 182. The van der Waals surface area contributed by atoms with Crippen LogP contribution in [0.1, 0.15) is 26.7 Å². The Morgan fingerprint density at radius 2 is 2.33 bits per heavy atom. The summed E-state index contributed by atoms with van der Waals surface area (Å²) in [5, 5.41) is 9.51. The van der Waals surface area contributed by atoms with Crippen LogP contribution in [0, 0.1) is 5.41 Å². The lowest BCUT2D eigenvalue weighted by atomic mass is 9.76. The number of aliphatic hydroxyl groups excluding tert-OH is 1. The van der Waals surface area contributed by atoms with Crippen LogP contribution in [0.3, 0.4) is 0 Å². The summed E-state index contributed by atoms with van der Waals surface area (Å²) in [5.41, 5.74) is 1.45. The maximum Gasteiger partial charge on any atom is 0.0729 e. The van der Waals surface area contributed by atoms with E-state index in [9.17, 15) is 5.11 Å². The molecule has 12 heavy (non-hydrogen) atoms. The fourth-order valence-corrected chi connectivity index (χ4v) is 1.93. The Kier molecular flexibility index (Phi) is 2.91. The summed E-state index contributed by atoms with van der Waals surface area (Å²) in [7, 11) is 1.69. The van der Waals surface area contributed by atoms with Gasteiger partial charge in [-0.2, -0.15) is 0 Å². The van der Waals surface area contributed by atoms with Gasteiger partial charge in [0.2, 0.25) is 0 Å². The lowest BCUT2D eigenvalue weighted by Gasteiger charge is -2.32. The molecule has 1 N–H and O–H groups in total. The number of rotatable bonds is 2. The summed E-state index contributed by atoms with van der Waals surface area (Å²) in [6, 6.07) is 0. The third-order valence-electron chi connectivity index (χ3n) is 2.23. The van der Waals surface area contributed by atoms with E-state index in [4.69, 9.17) is 4.74 Å². The van der Waals surface area contributed by atoms with Crippen LogP contribution in [0.15, 0.2) is 11.6 Å². The largest absolute Gasteiger partial charge is 0.389 e. The van der Waals surface area contributed by atoms with Gasteiger partial charge in [0.25, 0.3) is 0 Å². The van der Waals surface area contributed by atoms with E-state index in [1.165, 1.54) is 5.57 Å². The first kappa shape index (κ1) is 9.75. The zero-order valence-electron chi connectivity index (χ0n) is 8.13. The number of aliphatic hydroxyl groups is 1. The first-order valence-corrected chi connectivity index (χ1v) is 4.40. The summed E-state index contributed by atoms with van der Waals surface area (Å²) in [5.74, 6) is 0. The Hall–Kier alpha value is -0.340. The molecule has 70 valence electrons. The van der Waals surface area contributed by atoms with Gasteiger partial charge in [0.15, 0.2) is 0 Å². The van der Waals surface area contributed by atoms with Crippen LogP contribution < -0.4 is 0 Å². The van der Waals surface area contributed by atoms with E-state index in [0.29, 0.717) is 6.61 Å². The van der Waals surface area contributed by atoms with Crippen molar-refractivity contribution in [3.8, 4) is 0 Å². The van der Waals surface area contributed by atoms with Gasteiger partial charge in [-0.25, -0.2) is 0 Å². The van der Waals surface area contributed by atoms with Crippen LogP contribution in [-0.4, -0.2) is 24.9 Å². The Morgan fingerprint density at radius 3 is 2.83 bits per heavy atom. The van der Waals surface area contributed by atoms with Gasteiger partial charge in [-0.1, -0.05) is 19.9 Å². The zero-order valence-corrected chi connectivity index (χ0v) is 8.13. The van der Waals surface area contributed by atoms with E-state index in [0.717, 1.165) is 12.8 Å². The molecule has 2 heteroatoms. The molecule has 0 aliphatic heterocycles. The fraction of sp³-hybridized carbons (Fsp3) is 0.800. The minimum atomic E-state index is -0.279. The number of hydrogen-bond acceptors (Lipinski definition) is 2. The highest BCUT2D eigenvalue weighted by atomic mass is 16.5. The molecule has 0 spiro atoms. The van der Waals surface area contributed by atoms with E-state index in [2.05, 4.69) is 13.8 Å². The van der Waals surface area contributed by atoms with E-state index >= 15 is 0 Å². The molecule has 2 nitrogen and oxygen atoms in total. The molecule has 1 unspecified atom stereocenters. The molecule has 0 radical (unpaired) electrons. The predicted molar refractivity (Wildman–Crippen MR) is 49.0 cm³/mol. The van der Waals surface area contributed by atoms with Crippen LogP contribution in [0.5, 0.6) is 0 Å². The van der Waals surface area contributed by atoms with Crippen molar-refractivity contribution in [1.29, 1.82) is 0 Å². The van der Waals surface area contributed by atoms with Crippen LogP contribution in [0.4, 0.5) is 0 Å². The average Bonchev–Trinajstić information content (AvgIpc) is 1.82. The van der Waals surface area contributed by atoms with Crippen molar-refractivity contribution in [3.05, 3.63) is 11.6 Å². The van der Waals surface area contributed by atoms with E-state index in [1.807, 2.05) is 6.08 Å². The minimum Gasteiger partial charge on any atom is -0.389 e. The average molecular weight is 170 g/mol. The van der Waals surface area contributed by atoms with Crippen molar-refractivity contribution < 1.29 is 9.84 Å². The molecule has 0 amide bonds.